The van der Waals surface area contributed by atoms with Crippen molar-refractivity contribution in [2.45, 2.75) is 13.3 Å². The van der Waals surface area contributed by atoms with E-state index >= 15 is 0 Å². The summed E-state index contributed by atoms with van der Waals surface area (Å²) in [5, 5.41) is 4.61. The summed E-state index contributed by atoms with van der Waals surface area (Å²) < 4.78 is 1.46. The smallest absolute Gasteiger partial charge is 0.230 e. The molecular weight excluding hydrogens is 264 g/mol. The monoisotopic (exact) mass is 274 g/mol. The number of aryl methyl sites for hydroxylation is 1. The first kappa shape index (κ1) is 11.9. The van der Waals surface area contributed by atoms with Gasteiger partial charge in [0, 0.05) is 0 Å². The van der Waals surface area contributed by atoms with Crippen LogP contribution in [0.25, 0.3) is 17.0 Å². The number of aromatic nitrogens is 4. The lowest BCUT2D eigenvalue weighted by Crippen LogP contribution is -1.99. The highest BCUT2D eigenvalue weighted by Gasteiger charge is 2.17. The summed E-state index contributed by atoms with van der Waals surface area (Å²) in [5.74, 6) is 0.508. The highest BCUT2D eigenvalue weighted by atomic mass is 35.5. The fraction of sp³-hybridized carbons (Fsp3) is 0.154. The number of hydrogen-bond donors (Lipinski definition) is 1. The highest BCUT2D eigenvalue weighted by molar-refractivity contribution is 6.32. The van der Waals surface area contributed by atoms with Gasteiger partial charge >= 0.3 is 0 Å². The van der Waals surface area contributed by atoms with Crippen molar-refractivity contribution in [1.82, 2.24) is 19.7 Å². The lowest BCUT2D eigenvalue weighted by Gasteiger charge is -1.96. The zero-order valence-corrected chi connectivity index (χ0v) is 11.0. The summed E-state index contributed by atoms with van der Waals surface area (Å²) in [6.45, 7) is 1.93. The van der Waals surface area contributed by atoms with E-state index in [-0.39, 0.29) is 5.15 Å². The Balaban J connectivity index is 2.21. The van der Waals surface area contributed by atoms with Gasteiger partial charge < -0.3 is 4.98 Å². The lowest BCUT2D eigenvalue weighted by molar-refractivity contribution is 0.112. The number of para-hydroxylation sites is 2. The Kier molecular flexibility index (Phi) is 2.83. The molecular formula is C13H11ClN4O. The van der Waals surface area contributed by atoms with Crippen LogP contribution in [0.1, 0.15) is 23.0 Å². The van der Waals surface area contributed by atoms with E-state index in [0.717, 1.165) is 17.3 Å². The lowest BCUT2D eigenvalue weighted by atomic mass is 10.2. The molecule has 5 nitrogen and oxygen atoms in total. The van der Waals surface area contributed by atoms with E-state index in [2.05, 4.69) is 15.1 Å². The molecule has 0 bridgehead atoms. The highest BCUT2D eigenvalue weighted by Crippen LogP contribution is 2.22. The maximum absolute atomic E-state index is 11.1. The Morgan fingerprint density at radius 3 is 2.84 bits per heavy atom. The average Bonchev–Trinajstić information content (AvgIpc) is 2.98. The number of rotatable bonds is 3. The van der Waals surface area contributed by atoms with Gasteiger partial charge in [-0.25, -0.2) is 4.98 Å². The van der Waals surface area contributed by atoms with Gasteiger partial charge in [-0.05, 0) is 18.6 Å². The Bertz CT molecular complexity index is 726. The van der Waals surface area contributed by atoms with Crippen molar-refractivity contribution in [2.75, 3.05) is 0 Å². The van der Waals surface area contributed by atoms with Crippen LogP contribution < -0.4 is 0 Å². The Morgan fingerprint density at radius 1 is 1.42 bits per heavy atom. The van der Waals surface area contributed by atoms with E-state index in [1.165, 1.54) is 4.68 Å². The van der Waals surface area contributed by atoms with Crippen LogP contribution in [0.5, 0.6) is 0 Å². The molecule has 0 fully saturated rings. The number of H-pyrrole nitrogens is 1. The maximum Gasteiger partial charge on any atom is 0.230 e. The third kappa shape index (κ3) is 1.82. The second-order valence-corrected chi connectivity index (χ2v) is 4.47. The van der Waals surface area contributed by atoms with Gasteiger partial charge in [0.1, 0.15) is 5.15 Å². The minimum atomic E-state index is 0.283. The number of aldehydes is 1. The molecule has 96 valence electrons. The molecule has 0 aliphatic heterocycles. The van der Waals surface area contributed by atoms with E-state index in [0.29, 0.717) is 23.6 Å². The normalized spacial score (nSPS) is 11.1. The second kappa shape index (κ2) is 4.51. The molecule has 3 rings (SSSR count). The molecule has 0 aliphatic rings. The van der Waals surface area contributed by atoms with Crippen molar-refractivity contribution >= 4 is 28.9 Å². The van der Waals surface area contributed by atoms with Gasteiger partial charge in [-0.1, -0.05) is 30.7 Å². The van der Waals surface area contributed by atoms with Crippen molar-refractivity contribution in [2.24, 2.45) is 0 Å². The van der Waals surface area contributed by atoms with Gasteiger partial charge in [-0.3, -0.25) is 4.79 Å². The first-order chi connectivity index (χ1) is 9.24. The molecule has 6 heteroatoms. The van der Waals surface area contributed by atoms with Gasteiger partial charge in [-0.2, -0.15) is 9.78 Å². The number of carbonyl (C=O) groups is 1. The van der Waals surface area contributed by atoms with Crippen molar-refractivity contribution in [3.63, 3.8) is 0 Å². The van der Waals surface area contributed by atoms with Crippen LogP contribution in [0.2, 0.25) is 5.15 Å². The van der Waals surface area contributed by atoms with Crippen molar-refractivity contribution < 1.29 is 4.79 Å². The molecule has 0 saturated carbocycles. The second-order valence-electron chi connectivity index (χ2n) is 4.11. The molecule has 0 amide bonds. The van der Waals surface area contributed by atoms with Crippen LogP contribution in [0.4, 0.5) is 0 Å². The first-order valence-electron chi connectivity index (χ1n) is 5.92. The van der Waals surface area contributed by atoms with E-state index in [9.17, 15) is 4.79 Å². The fourth-order valence-corrected chi connectivity index (χ4v) is 2.28. The maximum atomic E-state index is 11.1. The summed E-state index contributed by atoms with van der Waals surface area (Å²) in [7, 11) is 0. The molecule has 0 saturated heterocycles. The zero-order valence-electron chi connectivity index (χ0n) is 10.2. The van der Waals surface area contributed by atoms with Gasteiger partial charge in [0.2, 0.25) is 5.95 Å². The first-order valence-corrected chi connectivity index (χ1v) is 6.30. The Hall–Kier alpha value is -2.14. The van der Waals surface area contributed by atoms with E-state index in [1.807, 2.05) is 31.2 Å². The topological polar surface area (TPSA) is 63.6 Å². The number of imidazole rings is 1. The molecule has 1 N–H and O–H groups in total. The largest absolute Gasteiger partial charge is 0.322 e. The number of hydrogen-bond acceptors (Lipinski definition) is 3. The fourth-order valence-electron chi connectivity index (χ4n) is 2.01. The minimum absolute atomic E-state index is 0.283. The molecule has 0 radical (unpaired) electrons. The predicted molar refractivity (Wildman–Crippen MR) is 73.0 cm³/mol. The summed E-state index contributed by atoms with van der Waals surface area (Å²) in [6, 6.07) is 7.65. The summed E-state index contributed by atoms with van der Waals surface area (Å²) in [5.41, 5.74) is 2.81. The van der Waals surface area contributed by atoms with Crippen LogP contribution in [-0.4, -0.2) is 26.0 Å². The standard InChI is InChI=1S/C13H11ClN4O/c1-2-9-8(7-19)12(14)18(17-9)13-15-10-5-3-4-6-11(10)16-13/h3-7H,2H2,1H3,(H,15,16). The van der Waals surface area contributed by atoms with Crippen molar-refractivity contribution in [3.8, 4) is 5.95 Å². The van der Waals surface area contributed by atoms with Gasteiger partial charge in [0.15, 0.2) is 6.29 Å². The minimum Gasteiger partial charge on any atom is -0.322 e. The quantitative estimate of drug-likeness (QED) is 0.747. The van der Waals surface area contributed by atoms with Crippen LogP contribution >= 0.6 is 11.6 Å². The molecule has 3 aromatic rings. The number of nitrogens with zero attached hydrogens (tertiary/aromatic N) is 3. The van der Waals surface area contributed by atoms with E-state index < -0.39 is 0 Å². The van der Waals surface area contributed by atoms with E-state index in [1.54, 1.807) is 0 Å². The number of nitrogens with one attached hydrogen (secondary N) is 1. The number of carbonyl (C=O) groups excluding carboxylic acids is 1. The number of fused-ring (bicyclic) bond motifs is 1. The molecule has 2 heterocycles. The third-order valence-corrected chi connectivity index (χ3v) is 3.33. The average molecular weight is 275 g/mol. The van der Waals surface area contributed by atoms with Crippen molar-refractivity contribution in [3.05, 3.63) is 40.7 Å². The Labute approximate surface area is 114 Å². The van der Waals surface area contributed by atoms with Crippen LogP contribution in [-0.2, 0) is 6.42 Å². The Morgan fingerprint density at radius 2 is 2.21 bits per heavy atom. The van der Waals surface area contributed by atoms with Gasteiger partial charge in [0.25, 0.3) is 0 Å². The number of benzene rings is 1. The molecule has 0 unspecified atom stereocenters. The molecule has 1 aromatic carbocycles. The van der Waals surface area contributed by atoms with Crippen LogP contribution in [0.15, 0.2) is 24.3 Å². The van der Waals surface area contributed by atoms with Gasteiger partial charge in [-0.15, -0.1) is 0 Å². The summed E-state index contributed by atoms with van der Waals surface area (Å²) in [4.78, 5) is 18.6. The van der Waals surface area contributed by atoms with Crippen molar-refractivity contribution in [1.29, 1.82) is 0 Å². The number of halogens is 1. The SMILES string of the molecule is CCc1nn(-c2nc3ccccc3[nH]2)c(Cl)c1C=O. The summed E-state index contributed by atoms with van der Waals surface area (Å²) >= 11 is 6.18. The molecule has 0 spiro atoms. The molecule has 19 heavy (non-hydrogen) atoms. The third-order valence-electron chi connectivity index (χ3n) is 2.97. The summed E-state index contributed by atoms with van der Waals surface area (Å²) in [6.07, 6.45) is 1.37. The zero-order chi connectivity index (χ0) is 13.4. The molecule has 2 aromatic heterocycles. The molecule has 0 aliphatic carbocycles. The van der Waals surface area contributed by atoms with E-state index in [4.69, 9.17) is 11.6 Å². The van der Waals surface area contributed by atoms with Gasteiger partial charge in [0.05, 0.1) is 22.3 Å². The number of aromatic amines is 1. The predicted octanol–water partition coefficient (Wildman–Crippen LogP) is 2.78. The molecule has 0 atom stereocenters. The van der Waals surface area contributed by atoms with Crippen LogP contribution in [0, 0.1) is 0 Å². The van der Waals surface area contributed by atoms with Crippen LogP contribution in [0.3, 0.4) is 0 Å².